The molecule has 7 nitrogen and oxygen atoms in total. The Kier molecular flexibility index (Phi) is 7.37. The summed E-state index contributed by atoms with van der Waals surface area (Å²) in [5.74, 6) is -3.62. The molecule has 1 atom stereocenters. The minimum Gasteiger partial charge on any atom is -0.481 e. The number of carboxylic acid groups (broad SMARTS) is 1. The van der Waals surface area contributed by atoms with Gasteiger partial charge in [0.05, 0.1) is 17.0 Å². The van der Waals surface area contributed by atoms with E-state index < -0.39 is 29.3 Å². The van der Waals surface area contributed by atoms with Crippen LogP contribution < -0.4 is 0 Å². The molecule has 40 heavy (non-hydrogen) atoms. The second kappa shape index (κ2) is 11.1. The molecule has 0 bridgehead atoms. The molecule has 3 aromatic carbocycles. The largest absolute Gasteiger partial charge is 0.481 e. The summed E-state index contributed by atoms with van der Waals surface area (Å²) in [7, 11) is 0. The van der Waals surface area contributed by atoms with Crippen molar-refractivity contribution in [3.8, 4) is 34.2 Å². The van der Waals surface area contributed by atoms with Gasteiger partial charge in [-0.3, -0.25) is 9.59 Å². The number of hydrogen-bond acceptors (Lipinski definition) is 6. The van der Waals surface area contributed by atoms with Crippen molar-refractivity contribution < 1.29 is 32.4 Å². The molecule has 1 N–H and O–H groups in total. The summed E-state index contributed by atoms with van der Waals surface area (Å²) in [5, 5.41) is 13.5. The van der Waals surface area contributed by atoms with Crippen LogP contribution in [0.1, 0.15) is 33.7 Å². The summed E-state index contributed by atoms with van der Waals surface area (Å²) in [6, 6.07) is 19.4. The van der Waals surface area contributed by atoms with Gasteiger partial charge >= 0.3 is 5.97 Å². The summed E-state index contributed by atoms with van der Waals surface area (Å²) in [4.78, 5) is 28.9. The molecule has 0 saturated carbocycles. The van der Waals surface area contributed by atoms with Crippen LogP contribution in [-0.4, -0.2) is 27.0 Å². The van der Waals surface area contributed by atoms with Crippen molar-refractivity contribution in [2.45, 2.75) is 26.7 Å². The number of aryl methyl sites for hydroxylation is 2. The van der Waals surface area contributed by atoms with E-state index in [1.54, 1.807) is 19.1 Å². The topological polar surface area (TPSA) is 106 Å². The molecule has 0 amide bonds. The highest BCUT2D eigenvalue weighted by Gasteiger charge is 2.25. The number of rotatable bonds is 9. The van der Waals surface area contributed by atoms with E-state index in [1.165, 1.54) is 36.4 Å². The van der Waals surface area contributed by atoms with Gasteiger partial charge in [0, 0.05) is 12.0 Å². The molecule has 2 aromatic heterocycles. The van der Waals surface area contributed by atoms with Crippen LogP contribution in [0.3, 0.4) is 0 Å². The number of ketones is 1. The molecular weight excluding hydrogens is 518 g/mol. The highest BCUT2D eigenvalue weighted by Crippen LogP contribution is 2.28. The van der Waals surface area contributed by atoms with Crippen LogP contribution >= 0.6 is 0 Å². The van der Waals surface area contributed by atoms with Crippen LogP contribution in [0.4, 0.5) is 8.78 Å². The monoisotopic (exact) mass is 542 g/mol. The third-order valence-corrected chi connectivity index (χ3v) is 6.54. The standard InChI is InChI=1S/C31H24F2N2O5/c1-17-3-7-20(8-4-17)27-11-12-28(39-27)26(36)16-21(31(37)38)14-19-6-10-22(25(33)15-19)29-34-30(40-35-29)23-9-5-18(2)13-24(23)32/h3-13,15,21H,14,16H2,1-2H3,(H,37,38). The van der Waals surface area contributed by atoms with E-state index in [0.29, 0.717) is 11.3 Å². The van der Waals surface area contributed by atoms with Crippen molar-refractivity contribution in [2.24, 2.45) is 5.92 Å². The number of carbonyl (C=O) groups excluding carboxylic acids is 1. The van der Waals surface area contributed by atoms with Gasteiger partial charge in [0.15, 0.2) is 11.5 Å². The van der Waals surface area contributed by atoms with Crippen LogP contribution in [-0.2, 0) is 11.2 Å². The van der Waals surface area contributed by atoms with E-state index in [2.05, 4.69) is 10.1 Å². The number of carbonyl (C=O) groups is 2. The Balaban J connectivity index is 1.29. The number of carboxylic acids is 1. The van der Waals surface area contributed by atoms with Crippen LogP contribution in [0.25, 0.3) is 34.2 Å². The predicted molar refractivity (Wildman–Crippen MR) is 142 cm³/mol. The highest BCUT2D eigenvalue weighted by atomic mass is 19.1. The number of halogens is 2. The lowest BCUT2D eigenvalue weighted by atomic mass is 9.93. The summed E-state index contributed by atoms with van der Waals surface area (Å²) >= 11 is 0. The van der Waals surface area contributed by atoms with Crippen molar-refractivity contribution in [2.75, 3.05) is 0 Å². The Bertz CT molecular complexity index is 1710. The Morgan fingerprint density at radius 2 is 1.57 bits per heavy atom. The molecule has 5 rings (SSSR count). The molecule has 2 heterocycles. The minimum absolute atomic E-state index is 0.00782. The second-order valence-electron chi connectivity index (χ2n) is 9.62. The number of Topliss-reactive ketones (excluding diaryl/α,β-unsaturated/α-hetero) is 1. The van der Waals surface area contributed by atoms with Gasteiger partial charge in [-0.15, -0.1) is 0 Å². The van der Waals surface area contributed by atoms with Crippen LogP contribution in [0, 0.1) is 31.4 Å². The molecule has 0 spiro atoms. The fourth-order valence-electron chi connectivity index (χ4n) is 4.32. The number of nitrogens with zero attached hydrogens (tertiary/aromatic N) is 2. The molecule has 5 aromatic rings. The average Bonchev–Trinajstić information content (AvgIpc) is 3.60. The first-order valence-electron chi connectivity index (χ1n) is 12.5. The van der Waals surface area contributed by atoms with Crippen molar-refractivity contribution >= 4 is 11.8 Å². The number of furan rings is 1. The third-order valence-electron chi connectivity index (χ3n) is 6.54. The maximum absolute atomic E-state index is 15.0. The molecule has 9 heteroatoms. The molecular formula is C31H24F2N2O5. The van der Waals surface area contributed by atoms with Gasteiger partial charge < -0.3 is 14.0 Å². The molecule has 0 radical (unpaired) electrons. The van der Waals surface area contributed by atoms with Gasteiger partial charge in [0.25, 0.3) is 5.89 Å². The SMILES string of the molecule is Cc1ccc(-c2ccc(C(=O)CC(Cc3ccc(-c4noc(-c5ccc(C)cc5F)n4)c(F)c3)C(=O)O)o2)cc1. The lowest BCUT2D eigenvalue weighted by Crippen LogP contribution is -2.20. The fraction of sp³-hybridized carbons (Fsp3) is 0.161. The number of aromatic nitrogens is 2. The minimum atomic E-state index is -1.19. The van der Waals surface area contributed by atoms with E-state index in [-0.39, 0.29) is 41.4 Å². The van der Waals surface area contributed by atoms with Crippen LogP contribution in [0.15, 0.2) is 81.7 Å². The van der Waals surface area contributed by atoms with Gasteiger partial charge in [-0.1, -0.05) is 47.1 Å². The maximum Gasteiger partial charge on any atom is 0.307 e. The zero-order valence-corrected chi connectivity index (χ0v) is 21.7. The quantitative estimate of drug-likeness (QED) is 0.198. The van der Waals surface area contributed by atoms with Crippen molar-refractivity contribution in [1.82, 2.24) is 10.1 Å². The molecule has 1 unspecified atom stereocenters. The summed E-state index contributed by atoms with van der Waals surface area (Å²) in [6.07, 6.45) is -0.411. The normalized spacial score (nSPS) is 11.9. The smallest absolute Gasteiger partial charge is 0.307 e. The highest BCUT2D eigenvalue weighted by molar-refractivity contribution is 5.96. The van der Waals surface area contributed by atoms with Crippen molar-refractivity contribution in [3.05, 3.63) is 107 Å². The second-order valence-corrected chi connectivity index (χ2v) is 9.62. The first-order valence-corrected chi connectivity index (χ1v) is 12.5. The molecule has 0 saturated heterocycles. The van der Waals surface area contributed by atoms with Crippen molar-refractivity contribution in [3.63, 3.8) is 0 Å². The van der Waals surface area contributed by atoms with Gasteiger partial charge in [0.1, 0.15) is 17.4 Å². The summed E-state index contributed by atoms with van der Waals surface area (Å²) in [6.45, 7) is 3.70. The van der Waals surface area contributed by atoms with Gasteiger partial charge in [-0.2, -0.15) is 4.98 Å². The van der Waals surface area contributed by atoms with Crippen LogP contribution in [0.2, 0.25) is 0 Å². The Morgan fingerprint density at radius 1 is 0.875 bits per heavy atom. The first kappa shape index (κ1) is 26.7. The van der Waals surface area contributed by atoms with Gasteiger partial charge in [-0.05, 0) is 67.8 Å². The zero-order valence-electron chi connectivity index (χ0n) is 21.7. The van der Waals surface area contributed by atoms with E-state index in [0.717, 1.165) is 16.7 Å². The number of benzene rings is 3. The maximum atomic E-state index is 15.0. The van der Waals surface area contributed by atoms with E-state index in [1.807, 2.05) is 31.2 Å². The Morgan fingerprint density at radius 3 is 2.27 bits per heavy atom. The molecule has 0 fully saturated rings. The van der Waals surface area contributed by atoms with E-state index in [9.17, 15) is 19.1 Å². The van der Waals surface area contributed by atoms with Gasteiger partial charge in [-0.25, -0.2) is 8.78 Å². The van der Waals surface area contributed by atoms with E-state index >= 15 is 4.39 Å². The predicted octanol–water partition coefficient (Wildman–Crippen LogP) is 7.07. The summed E-state index contributed by atoms with van der Waals surface area (Å²) < 4.78 is 40.1. The Hall–Kier alpha value is -4.92. The average molecular weight is 543 g/mol. The number of hydrogen-bond donors (Lipinski definition) is 1. The van der Waals surface area contributed by atoms with Gasteiger partial charge in [0.2, 0.25) is 5.82 Å². The molecule has 0 aliphatic heterocycles. The fourth-order valence-corrected chi connectivity index (χ4v) is 4.32. The third kappa shape index (κ3) is 5.73. The van der Waals surface area contributed by atoms with E-state index in [4.69, 9.17) is 8.94 Å². The lowest BCUT2D eigenvalue weighted by molar-refractivity contribution is -0.141. The lowest BCUT2D eigenvalue weighted by Gasteiger charge is -2.12. The molecule has 0 aliphatic carbocycles. The van der Waals surface area contributed by atoms with Crippen LogP contribution in [0.5, 0.6) is 0 Å². The molecule has 202 valence electrons. The zero-order chi connectivity index (χ0) is 28.4. The number of aliphatic carboxylic acids is 1. The van der Waals surface area contributed by atoms with Crippen molar-refractivity contribution in [1.29, 1.82) is 0 Å². The summed E-state index contributed by atoms with van der Waals surface area (Å²) in [5.41, 5.74) is 3.08. The Labute approximate surface area is 228 Å². The first-order chi connectivity index (χ1) is 19.2. The molecule has 0 aliphatic rings.